The zero-order chi connectivity index (χ0) is 18.4. The monoisotopic (exact) mass is 374 g/mol. The number of piperidine rings is 1. The van der Waals surface area contributed by atoms with Crippen molar-refractivity contribution in [1.82, 2.24) is 24.8 Å². The molecule has 1 aliphatic heterocycles. The van der Waals surface area contributed by atoms with Crippen LogP contribution < -0.4 is 5.32 Å². The molecule has 0 spiro atoms. The Morgan fingerprint density at radius 2 is 2.31 bits per heavy atom. The van der Waals surface area contributed by atoms with Gasteiger partial charge in [-0.15, -0.1) is 11.3 Å². The van der Waals surface area contributed by atoms with Crippen LogP contribution in [0.5, 0.6) is 0 Å². The average Bonchev–Trinajstić information content (AvgIpc) is 3.31. The lowest BCUT2D eigenvalue weighted by Gasteiger charge is -2.39. The molecule has 2 aromatic rings. The molecule has 2 atom stereocenters. The highest BCUT2D eigenvalue weighted by Crippen LogP contribution is 2.27. The zero-order valence-corrected chi connectivity index (χ0v) is 16.9. The van der Waals surface area contributed by atoms with Crippen molar-refractivity contribution in [3.05, 3.63) is 34.8 Å². The number of aliphatic imine (C=N–C) groups is 1. The molecule has 26 heavy (non-hydrogen) atoms. The minimum Gasteiger partial charge on any atom is -0.356 e. The minimum absolute atomic E-state index is 0.456. The molecule has 7 heteroatoms. The molecule has 3 rings (SSSR count). The van der Waals surface area contributed by atoms with E-state index in [9.17, 15) is 0 Å². The first kappa shape index (κ1) is 18.9. The van der Waals surface area contributed by atoms with Gasteiger partial charge in [0.1, 0.15) is 0 Å². The number of nitrogens with zero attached hydrogens (tertiary/aromatic N) is 5. The number of nitrogens with one attached hydrogen (secondary N) is 1. The summed E-state index contributed by atoms with van der Waals surface area (Å²) in [5.74, 6) is 1.67. The van der Waals surface area contributed by atoms with Gasteiger partial charge in [0.05, 0.1) is 17.4 Å². The SMILES string of the molecule is CN=C(NCCCCc1nc(C)cs1)N1CCC(C)C(n2ccnc2)C1. The Hall–Kier alpha value is -1.89. The van der Waals surface area contributed by atoms with Crippen LogP contribution in [-0.2, 0) is 6.42 Å². The summed E-state index contributed by atoms with van der Waals surface area (Å²) in [6.45, 7) is 7.39. The zero-order valence-electron chi connectivity index (χ0n) is 16.1. The Morgan fingerprint density at radius 1 is 1.42 bits per heavy atom. The van der Waals surface area contributed by atoms with Crippen molar-refractivity contribution in [2.24, 2.45) is 10.9 Å². The lowest BCUT2D eigenvalue weighted by Crippen LogP contribution is -2.49. The molecule has 142 valence electrons. The van der Waals surface area contributed by atoms with E-state index in [2.05, 4.69) is 55.2 Å². The normalized spacial score (nSPS) is 21.2. The third-order valence-electron chi connectivity index (χ3n) is 5.10. The van der Waals surface area contributed by atoms with Gasteiger partial charge in [-0.3, -0.25) is 4.99 Å². The molecule has 1 aliphatic rings. The maximum Gasteiger partial charge on any atom is 0.193 e. The molecular weight excluding hydrogens is 344 g/mol. The first-order valence-electron chi connectivity index (χ1n) is 9.51. The Morgan fingerprint density at radius 3 is 3.00 bits per heavy atom. The van der Waals surface area contributed by atoms with Gasteiger partial charge in [-0.25, -0.2) is 9.97 Å². The first-order chi connectivity index (χ1) is 12.7. The van der Waals surface area contributed by atoms with Crippen molar-refractivity contribution >= 4 is 17.3 Å². The van der Waals surface area contributed by atoms with Crippen molar-refractivity contribution in [2.45, 2.75) is 45.6 Å². The number of aromatic nitrogens is 3. The highest BCUT2D eigenvalue weighted by molar-refractivity contribution is 7.09. The van der Waals surface area contributed by atoms with E-state index in [1.165, 1.54) is 11.4 Å². The number of hydrogen-bond acceptors (Lipinski definition) is 4. The summed E-state index contributed by atoms with van der Waals surface area (Å²) in [6, 6.07) is 0.456. The summed E-state index contributed by atoms with van der Waals surface area (Å²) < 4.78 is 2.24. The third-order valence-corrected chi connectivity index (χ3v) is 6.13. The van der Waals surface area contributed by atoms with E-state index in [0.29, 0.717) is 12.0 Å². The second-order valence-electron chi connectivity index (χ2n) is 7.10. The highest BCUT2D eigenvalue weighted by atomic mass is 32.1. The lowest BCUT2D eigenvalue weighted by molar-refractivity contribution is 0.189. The molecular formula is C19H30N6S. The third kappa shape index (κ3) is 4.84. The molecule has 1 fully saturated rings. The van der Waals surface area contributed by atoms with Crippen LogP contribution in [0.25, 0.3) is 0 Å². The number of guanidine groups is 1. The van der Waals surface area contributed by atoms with Crippen molar-refractivity contribution in [3.63, 3.8) is 0 Å². The predicted octanol–water partition coefficient (Wildman–Crippen LogP) is 3.13. The van der Waals surface area contributed by atoms with E-state index in [4.69, 9.17) is 0 Å². The van der Waals surface area contributed by atoms with Gasteiger partial charge < -0.3 is 14.8 Å². The van der Waals surface area contributed by atoms with E-state index < -0.39 is 0 Å². The number of thiazole rings is 1. The van der Waals surface area contributed by atoms with Crippen LogP contribution in [-0.4, -0.2) is 52.1 Å². The summed E-state index contributed by atoms with van der Waals surface area (Å²) >= 11 is 1.77. The average molecular weight is 375 g/mol. The van der Waals surface area contributed by atoms with Crippen LogP contribution in [0.4, 0.5) is 0 Å². The van der Waals surface area contributed by atoms with Crippen molar-refractivity contribution in [2.75, 3.05) is 26.7 Å². The summed E-state index contributed by atoms with van der Waals surface area (Å²) in [5, 5.41) is 6.92. The largest absolute Gasteiger partial charge is 0.356 e. The summed E-state index contributed by atoms with van der Waals surface area (Å²) in [4.78, 5) is 15.6. The van der Waals surface area contributed by atoms with E-state index in [-0.39, 0.29) is 0 Å². The van der Waals surface area contributed by atoms with Crippen LogP contribution in [0.3, 0.4) is 0 Å². The molecule has 0 aromatic carbocycles. The van der Waals surface area contributed by atoms with Crippen LogP contribution in [0.1, 0.15) is 42.9 Å². The van der Waals surface area contributed by atoms with Gasteiger partial charge in [0.2, 0.25) is 0 Å². The topological polar surface area (TPSA) is 58.3 Å². The molecule has 1 saturated heterocycles. The quantitative estimate of drug-likeness (QED) is 0.479. The molecule has 0 aliphatic carbocycles. The fourth-order valence-electron chi connectivity index (χ4n) is 3.55. The smallest absolute Gasteiger partial charge is 0.193 e. The Bertz CT molecular complexity index is 693. The van der Waals surface area contributed by atoms with Crippen molar-refractivity contribution < 1.29 is 0 Å². The molecule has 0 radical (unpaired) electrons. The Kier molecular flexibility index (Phi) is 6.66. The number of rotatable bonds is 6. The minimum atomic E-state index is 0.456. The van der Waals surface area contributed by atoms with Gasteiger partial charge in [-0.05, 0) is 38.5 Å². The molecule has 1 N–H and O–H groups in total. The van der Waals surface area contributed by atoms with Crippen molar-refractivity contribution in [3.8, 4) is 0 Å². The number of likely N-dealkylation sites (tertiary alicyclic amines) is 1. The fraction of sp³-hybridized carbons (Fsp3) is 0.632. The predicted molar refractivity (Wildman–Crippen MR) is 108 cm³/mol. The fourth-order valence-corrected chi connectivity index (χ4v) is 4.36. The number of unbranched alkanes of at least 4 members (excludes halogenated alkanes) is 1. The molecule has 6 nitrogen and oxygen atoms in total. The standard InChI is InChI=1S/C19H30N6S/c1-15-7-10-24(12-17(15)25-11-9-21-14-25)19(20-3)22-8-5-4-6-18-23-16(2)13-26-18/h9,11,13-15,17H,4-8,10,12H2,1-3H3,(H,20,22). The van der Waals surface area contributed by atoms with Gasteiger partial charge in [-0.2, -0.15) is 0 Å². The van der Waals surface area contributed by atoms with Crippen LogP contribution in [0.2, 0.25) is 0 Å². The van der Waals surface area contributed by atoms with Gasteiger partial charge >= 0.3 is 0 Å². The first-order valence-corrected chi connectivity index (χ1v) is 10.4. The lowest BCUT2D eigenvalue weighted by atomic mass is 9.93. The molecule has 2 aromatic heterocycles. The van der Waals surface area contributed by atoms with E-state index >= 15 is 0 Å². The van der Waals surface area contributed by atoms with Crippen LogP contribution in [0, 0.1) is 12.8 Å². The number of aryl methyl sites for hydroxylation is 2. The molecule has 0 bridgehead atoms. The Labute approximate surface area is 160 Å². The van der Waals surface area contributed by atoms with E-state index in [0.717, 1.165) is 50.6 Å². The van der Waals surface area contributed by atoms with E-state index in [1.54, 1.807) is 11.3 Å². The summed E-state index contributed by atoms with van der Waals surface area (Å²) in [5.41, 5.74) is 1.13. The highest BCUT2D eigenvalue weighted by Gasteiger charge is 2.28. The molecule has 2 unspecified atom stereocenters. The molecule has 0 saturated carbocycles. The van der Waals surface area contributed by atoms with Gasteiger partial charge in [0.25, 0.3) is 0 Å². The molecule has 3 heterocycles. The number of hydrogen-bond donors (Lipinski definition) is 1. The van der Waals surface area contributed by atoms with Crippen LogP contribution in [0.15, 0.2) is 29.1 Å². The molecule has 0 amide bonds. The van der Waals surface area contributed by atoms with E-state index in [1.807, 2.05) is 19.6 Å². The van der Waals surface area contributed by atoms with Crippen LogP contribution >= 0.6 is 11.3 Å². The maximum absolute atomic E-state index is 4.53. The second-order valence-corrected chi connectivity index (χ2v) is 8.05. The Balaban J connectivity index is 1.44. The summed E-state index contributed by atoms with van der Waals surface area (Å²) in [7, 11) is 1.88. The van der Waals surface area contributed by atoms with Crippen molar-refractivity contribution in [1.29, 1.82) is 0 Å². The number of imidazole rings is 1. The van der Waals surface area contributed by atoms with Gasteiger partial charge in [-0.1, -0.05) is 6.92 Å². The summed E-state index contributed by atoms with van der Waals surface area (Å²) in [6.07, 6.45) is 10.4. The maximum atomic E-state index is 4.53. The second kappa shape index (κ2) is 9.16. The van der Waals surface area contributed by atoms with Gasteiger partial charge in [0, 0.05) is 50.1 Å². The van der Waals surface area contributed by atoms with Gasteiger partial charge in [0.15, 0.2) is 5.96 Å².